The van der Waals surface area contributed by atoms with Gasteiger partial charge >= 0.3 is 5.97 Å². The van der Waals surface area contributed by atoms with Gasteiger partial charge in [-0.1, -0.05) is 15.9 Å². The Morgan fingerprint density at radius 1 is 1.53 bits per heavy atom. The maximum absolute atomic E-state index is 13.6. The topological polar surface area (TPSA) is 55.1 Å². The van der Waals surface area contributed by atoms with E-state index in [-0.39, 0.29) is 11.4 Å². The first kappa shape index (κ1) is 11.8. The van der Waals surface area contributed by atoms with Crippen molar-refractivity contribution in [2.24, 2.45) is 0 Å². The summed E-state index contributed by atoms with van der Waals surface area (Å²) in [6.45, 7) is 1.61. The predicted octanol–water partition coefficient (Wildman–Crippen LogP) is 2.78. The Labute approximate surface area is 105 Å². The lowest BCUT2D eigenvalue weighted by Crippen LogP contribution is -2.03. The Kier molecular flexibility index (Phi) is 2.97. The molecule has 88 valence electrons. The number of hydrogen-bond acceptors (Lipinski definition) is 2. The standard InChI is InChI=1S/C11H8BrFN2O2/c1-6-5-15(14-10(6)11(16)17)9-4-7(12)2-3-8(9)13/h2-5H,1H3,(H,16,17). The van der Waals surface area contributed by atoms with E-state index >= 15 is 0 Å². The fourth-order valence-electron chi connectivity index (χ4n) is 1.46. The van der Waals surface area contributed by atoms with Crippen LogP contribution in [0.4, 0.5) is 4.39 Å². The lowest BCUT2D eigenvalue weighted by molar-refractivity contribution is 0.0689. The number of benzene rings is 1. The molecule has 0 bridgehead atoms. The minimum absolute atomic E-state index is 0.0793. The van der Waals surface area contributed by atoms with Crippen molar-refractivity contribution in [2.75, 3.05) is 0 Å². The van der Waals surface area contributed by atoms with Crippen molar-refractivity contribution in [1.29, 1.82) is 0 Å². The number of halogens is 2. The van der Waals surface area contributed by atoms with Crippen molar-refractivity contribution in [3.05, 3.63) is 45.9 Å². The van der Waals surface area contributed by atoms with E-state index in [0.29, 0.717) is 10.0 Å². The van der Waals surface area contributed by atoms with Gasteiger partial charge in [0, 0.05) is 16.2 Å². The molecule has 6 heteroatoms. The normalized spacial score (nSPS) is 10.5. The second kappa shape index (κ2) is 4.29. The molecule has 17 heavy (non-hydrogen) atoms. The summed E-state index contributed by atoms with van der Waals surface area (Å²) >= 11 is 3.22. The van der Waals surface area contributed by atoms with Crippen LogP contribution in [0, 0.1) is 12.7 Å². The minimum Gasteiger partial charge on any atom is -0.476 e. The molecule has 0 amide bonds. The second-order valence-electron chi connectivity index (χ2n) is 3.51. The fourth-order valence-corrected chi connectivity index (χ4v) is 1.81. The SMILES string of the molecule is Cc1cn(-c2cc(Br)ccc2F)nc1C(=O)O. The van der Waals surface area contributed by atoms with Crippen LogP contribution >= 0.6 is 15.9 Å². The van der Waals surface area contributed by atoms with E-state index in [0.717, 1.165) is 0 Å². The van der Waals surface area contributed by atoms with E-state index in [1.54, 1.807) is 13.0 Å². The Morgan fingerprint density at radius 2 is 2.24 bits per heavy atom. The number of aromatic nitrogens is 2. The number of carbonyl (C=O) groups is 1. The highest BCUT2D eigenvalue weighted by Gasteiger charge is 2.14. The highest BCUT2D eigenvalue weighted by atomic mass is 79.9. The van der Waals surface area contributed by atoms with Crippen LogP contribution in [-0.4, -0.2) is 20.9 Å². The van der Waals surface area contributed by atoms with Gasteiger partial charge in [-0.25, -0.2) is 13.9 Å². The molecule has 0 saturated carbocycles. The average molecular weight is 299 g/mol. The predicted molar refractivity (Wildman–Crippen MR) is 62.9 cm³/mol. The van der Waals surface area contributed by atoms with Gasteiger partial charge in [-0.15, -0.1) is 0 Å². The maximum atomic E-state index is 13.6. The molecule has 1 N–H and O–H groups in total. The van der Waals surface area contributed by atoms with Gasteiger partial charge in [-0.05, 0) is 25.1 Å². The van der Waals surface area contributed by atoms with Crippen LogP contribution < -0.4 is 0 Å². The van der Waals surface area contributed by atoms with E-state index < -0.39 is 11.8 Å². The van der Waals surface area contributed by atoms with Crippen LogP contribution in [0.25, 0.3) is 5.69 Å². The molecular weight excluding hydrogens is 291 g/mol. The lowest BCUT2D eigenvalue weighted by atomic mass is 10.3. The summed E-state index contributed by atoms with van der Waals surface area (Å²) in [6.07, 6.45) is 1.48. The van der Waals surface area contributed by atoms with Crippen molar-refractivity contribution < 1.29 is 14.3 Å². The molecule has 0 fully saturated rings. The summed E-state index contributed by atoms with van der Waals surface area (Å²) in [6, 6.07) is 4.39. The Morgan fingerprint density at radius 3 is 2.82 bits per heavy atom. The van der Waals surface area contributed by atoms with E-state index in [2.05, 4.69) is 21.0 Å². The smallest absolute Gasteiger partial charge is 0.356 e. The summed E-state index contributed by atoms with van der Waals surface area (Å²) in [5, 5.41) is 12.7. The van der Waals surface area contributed by atoms with Crippen LogP contribution in [0.3, 0.4) is 0 Å². The summed E-state index contributed by atoms with van der Waals surface area (Å²) < 4.78 is 15.5. The molecule has 0 spiro atoms. The molecule has 2 aromatic rings. The number of nitrogens with zero attached hydrogens (tertiary/aromatic N) is 2. The molecule has 0 atom stereocenters. The first-order valence-corrected chi connectivity index (χ1v) is 5.53. The highest BCUT2D eigenvalue weighted by molar-refractivity contribution is 9.10. The van der Waals surface area contributed by atoms with Crippen molar-refractivity contribution in [3.8, 4) is 5.69 Å². The Balaban J connectivity index is 2.57. The Hall–Kier alpha value is -1.69. The first-order valence-electron chi connectivity index (χ1n) is 4.74. The summed E-state index contributed by atoms with van der Waals surface area (Å²) in [5.41, 5.74) is 0.608. The molecule has 0 aliphatic rings. The molecule has 1 aromatic carbocycles. The van der Waals surface area contributed by atoms with Gasteiger partial charge in [0.25, 0.3) is 0 Å². The van der Waals surface area contributed by atoms with Gasteiger partial charge in [-0.2, -0.15) is 5.10 Å². The first-order chi connectivity index (χ1) is 7.99. The Bertz CT molecular complexity index is 595. The third-order valence-electron chi connectivity index (χ3n) is 2.25. The van der Waals surface area contributed by atoms with Gasteiger partial charge in [0.15, 0.2) is 5.69 Å². The van der Waals surface area contributed by atoms with E-state index in [1.807, 2.05) is 0 Å². The van der Waals surface area contributed by atoms with E-state index in [4.69, 9.17) is 5.11 Å². The van der Waals surface area contributed by atoms with Crippen LogP contribution in [0.15, 0.2) is 28.9 Å². The number of carboxylic acid groups (broad SMARTS) is 1. The summed E-state index contributed by atoms with van der Waals surface area (Å²) in [7, 11) is 0. The molecule has 0 saturated heterocycles. The molecule has 0 aliphatic heterocycles. The molecule has 4 nitrogen and oxygen atoms in total. The van der Waals surface area contributed by atoms with E-state index in [9.17, 15) is 9.18 Å². The van der Waals surface area contributed by atoms with Gasteiger partial charge in [0.05, 0.1) is 0 Å². The third kappa shape index (κ3) is 2.21. The largest absolute Gasteiger partial charge is 0.476 e. The van der Waals surface area contributed by atoms with Crippen molar-refractivity contribution in [2.45, 2.75) is 6.92 Å². The number of hydrogen-bond donors (Lipinski definition) is 1. The zero-order chi connectivity index (χ0) is 12.6. The average Bonchev–Trinajstić information content (AvgIpc) is 2.64. The number of aromatic carboxylic acids is 1. The van der Waals surface area contributed by atoms with Gasteiger partial charge in [-0.3, -0.25) is 0 Å². The van der Waals surface area contributed by atoms with Crippen molar-refractivity contribution in [1.82, 2.24) is 9.78 Å². The minimum atomic E-state index is -1.13. The van der Waals surface area contributed by atoms with E-state index in [1.165, 1.54) is 23.0 Å². The van der Waals surface area contributed by atoms with Crippen LogP contribution in [0.2, 0.25) is 0 Å². The van der Waals surface area contributed by atoms with Crippen molar-refractivity contribution >= 4 is 21.9 Å². The second-order valence-corrected chi connectivity index (χ2v) is 4.42. The number of rotatable bonds is 2. The molecule has 1 heterocycles. The highest BCUT2D eigenvalue weighted by Crippen LogP contribution is 2.20. The van der Waals surface area contributed by atoms with Crippen LogP contribution in [-0.2, 0) is 0 Å². The lowest BCUT2D eigenvalue weighted by Gasteiger charge is -2.03. The number of carboxylic acids is 1. The monoisotopic (exact) mass is 298 g/mol. The fraction of sp³-hybridized carbons (Fsp3) is 0.0909. The molecule has 0 radical (unpaired) electrons. The zero-order valence-electron chi connectivity index (χ0n) is 8.82. The third-order valence-corrected chi connectivity index (χ3v) is 2.75. The molecule has 2 rings (SSSR count). The van der Waals surface area contributed by atoms with Crippen LogP contribution in [0.1, 0.15) is 16.1 Å². The molecule has 0 unspecified atom stereocenters. The van der Waals surface area contributed by atoms with Gasteiger partial charge < -0.3 is 5.11 Å². The molecule has 0 aliphatic carbocycles. The quantitative estimate of drug-likeness (QED) is 0.927. The molecular formula is C11H8BrFN2O2. The summed E-state index contributed by atoms with van der Waals surface area (Å²) in [5.74, 6) is -1.59. The number of aryl methyl sites for hydroxylation is 1. The van der Waals surface area contributed by atoms with Crippen molar-refractivity contribution in [3.63, 3.8) is 0 Å². The summed E-state index contributed by atoms with van der Waals surface area (Å²) in [4.78, 5) is 10.8. The van der Waals surface area contributed by atoms with Crippen LogP contribution in [0.5, 0.6) is 0 Å². The van der Waals surface area contributed by atoms with Gasteiger partial charge in [0.1, 0.15) is 11.5 Å². The zero-order valence-corrected chi connectivity index (χ0v) is 10.4. The molecule has 1 aromatic heterocycles. The van der Waals surface area contributed by atoms with Gasteiger partial charge in [0.2, 0.25) is 0 Å². The maximum Gasteiger partial charge on any atom is 0.356 e.